The second-order valence-corrected chi connectivity index (χ2v) is 5.58. The average Bonchev–Trinajstić information content (AvgIpc) is 2.61. The highest BCUT2D eigenvalue weighted by molar-refractivity contribution is 6.29. The Morgan fingerprint density at radius 3 is 2.90 bits per heavy atom. The maximum atomic E-state index is 12.5. The van der Waals surface area contributed by atoms with Crippen LogP contribution in [0.2, 0.25) is 5.15 Å². The second-order valence-electron chi connectivity index (χ2n) is 5.19. The predicted octanol–water partition coefficient (Wildman–Crippen LogP) is 1.82. The first-order chi connectivity index (χ1) is 9.47. The molecule has 0 aromatic carbocycles. The Hall–Kier alpha value is -1.62. The van der Waals surface area contributed by atoms with Gasteiger partial charge in [-0.2, -0.15) is 0 Å². The molecule has 2 heterocycles. The van der Waals surface area contributed by atoms with E-state index in [0.29, 0.717) is 23.8 Å². The molecule has 1 saturated heterocycles. The van der Waals surface area contributed by atoms with Crippen molar-refractivity contribution in [2.24, 2.45) is 0 Å². The number of aromatic nitrogens is 1. The topological polar surface area (TPSA) is 62.3 Å². The number of pyridine rings is 1. The van der Waals surface area contributed by atoms with E-state index in [-0.39, 0.29) is 24.3 Å². The van der Waals surface area contributed by atoms with Gasteiger partial charge in [0.15, 0.2) is 0 Å². The molecule has 1 aliphatic heterocycles. The molecule has 1 N–H and O–H groups in total. The van der Waals surface area contributed by atoms with Gasteiger partial charge in [0, 0.05) is 24.3 Å². The van der Waals surface area contributed by atoms with Gasteiger partial charge in [0.05, 0.1) is 6.54 Å². The predicted molar refractivity (Wildman–Crippen MR) is 76.9 cm³/mol. The van der Waals surface area contributed by atoms with Crippen LogP contribution in [0.1, 0.15) is 42.2 Å². The smallest absolute Gasteiger partial charge is 0.254 e. The van der Waals surface area contributed by atoms with Gasteiger partial charge in [-0.1, -0.05) is 25.4 Å². The molecule has 108 valence electrons. The first-order valence-electron chi connectivity index (χ1n) is 6.71. The Bertz CT molecular complexity index is 531. The summed E-state index contributed by atoms with van der Waals surface area (Å²) in [4.78, 5) is 29.8. The van der Waals surface area contributed by atoms with Crippen molar-refractivity contribution in [2.75, 3.05) is 19.6 Å². The first kappa shape index (κ1) is 14.8. The Labute approximate surface area is 123 Å². The minimum Gasteiger partial charge on any atom is -0.354 e. The van der Waals surface area contributed by atoms with E-state index in [4.69, 9.17) is 11.6 Å². The first-order valence-corrected chi connectivity index (χ1v) is 7.08. The Balaban J connectivity index is 2.25. The van der Waals surface area contributed by atoms with E-state index in [0.717, 1.165) is 12.1 Å². The van der Waals surface area contributed by atoms with Crippen molar-refractivity contribution in [1.29, 1.82) is 0 Å². The van der Waals surface area contributed by atoms with Crippen LogP contribution in [0.5, 0.6) is 0 Å². The van der Waals surface area contributed by atoms with Crippen molar-refractivity contribution in [2.45, 2.75) is 26.2 Å². The highest BCUT2D eigenvalue weighted by Gasteiger charge is 2.22. The molecule has 0 atom stereocenters. The average molecular weight is 296 g/mol. The lowest BCUT2D eigenvalue weighted by Crippen LogP contribution is -2.37. The number of halogens is 1. The number of nitrogens with zero attached hydrogens (tertiary/aromatic N) is 2. The van der Waals surface area contributed by atoms with E-state index >= 15 is 0 Å². The highest BCUT2D eigenvalue weighted by Crippen LogP contribution is 2.19. The Morgan fingerprint density at radius 1 is 1.45 bits per heavy atom. The van der Waals surface area contributed by atoms with Crippen LogP contribution >= 0.6 is 11.6 Å². The highest BCUT2D eigenvalue weighted by atomic mass is 35.5. The molecule has 1 aromatic rings. The molecule has 6 heteroatoms. The second kappa shape index (κ2) is 6.22. The van der Waals surface area contributed by atoms with E-state index < -0.39 is 0 Å². The van der Waals surface area contributed by atoms with Gasteiger partial charge in [-0.3, -0.25) is 9.59 Å². The molecule has 2 rings (SSSR count). The van der Waals surface area contributed by atoms with Gasteiger partial charge in [0.1, 0.15) is 5.15 Å². The standard InChI is InChI=1S/C14H18ClN3O2/c1-9(2)11-6-10(7-12(15)17-11)14(20)18-5-3-4-16-13(19)8-18/h6-7,9H,3-5,8H2,1-2H3,(H,16,19). The zero-order valence-electron chi connectivity index (χ0n) is 11.6. The molecule has 5 nitrogen and oxygen atoms in total. The van der Waals surface area contributed by atoms with Gasteiger partial charge in [-0.25, -0.2) is 4.98 Å². The van der Waals surface area contributed by atoms with E-state index in [1.54, 1.807) is 17.0 Å². The number of hydrogen-bond acceptors (Lipinski definition) is 3. The normalized spacial score (nSPS) is 16.0. The molecule has 1 fully saturated rings. The van der Waals surface area contributed by atoms with Gasteiger partial charge in [-0.05, 0) is 24.5 Å². The minimum absolute atomic E-state index is 0.0930. The van der Waals surface area contributed by atoms with Gasteiger partial charge in [0.25, 0.3) is 5.91 Å². The van der Waals surface area contributed by atoms with Crippen LogP contribution in [-0.2, 0) is 4.79 Å². The molecule has 0 unspecified atom stereocenters. The summed E-state index contributed by atoms with van der Waals surface area (Å²) in [6, 6.07) is 3.31. The summed E-state index contributed by atoms with van der Waals surface area (Å²) in [5.41, 5.74) is 1.27. The number of carbonyl (C=O) groups is 2. The van der Waals surface area contributed by atoms with Crippen LogP contribution < -0.4 is 5.32 Å². The third-order valence-corrected chi connectivity index (χ3v) is 3.39. The molecule has 20 heavy (non-hydrogen) atoms. The SMILES string of the molecule is CC(C)c1cc(C(=O)N2CCCNC(=O)C2)cc(Cl)n1. The maximum absolute atomic E-state index is 12.5. The number of carbonyl (C=O) groups excluding carboxylic acids is 2. The number of amides is 2. The molecular weight excluding hydrogens is 278 g/mol. The van der Waals surface area contributed by atoms with Crippen LogP contribution in [0.4, 0.5) is 0 Å². The molecule has 1 aromatic heterocycles. The number of hydrogen-bond donors (Lipinski definition) is 1. The van der Waals surface area contributed by atoms with Crippen LogP contribution in [0.3, 0.4) is 0 Å². The summed E-state index contributed by atoms with van der Waals surface area (Å²) < 4.78 is 0. The summed E-state index contributed by atoms with van der Waals surface area (Å²) in [6.45, 7) is 5.25. The monoisotopic (exact) mass is 295 g/mol. The van der Waals surface area contributed by atoms with Gasteiger partial charge in [0.2, 0.25) is 5.91 Å². The third kappa shape index (κ3) is 3.48. The fourth-order valence-electron chi connectivity index (χ4n) is 2.10. The summed E-state index contributed by atoms with van der Waals surface area (Å²) in [6.07, 6.45) is 0.757. The van der Waals surface area contributed by atoms with Crippen LogP contribution in [0.15, 0.2) is 12.1 Å². The molecule has 0 aliphatic carbocycles. The zero-order chi connectivity index (χ0) is 14.7. The van der Waals surface area contributed by atoms with Crippen LogP contribution in [0.25, 0.3) is 0 Å². The largest absolute Gasteiger partial charge is 0.354 e. The lowest BCUT2D eigenvalue weighted by Gasteiger charge is -2.19. The molecule has 0 spiro atoms. The summed E-state index contributed by atoms with van der Waals surface area (Å²) in [5.74, 6) is -0.110. The third-order valence-electron chi connectivity index (χ3n) is 3.20. The van der Waals surface area contributed by atoms with E-state index in [1.807, 2.05) is 13.8 Å². The van der Waals surface area contributed by atoms with E-state index in [9.17, 15) is 9.59 Å². The molecule has 2 amide bonds. The summed E-state index contributed by atoms with van der Waals surface area (Å²) in [7, 11) is 0. The van der Waals surface area contributed by atoms with Crippen molar-refractivity contribution in [3.8, 4) is 0 Å². The lowest BCUT2D eigenvalue weighted by atomic mass is 10.1. The summed E-state index contributed by atoms with van der Waals surface area (Å²) in [5, 5.41) is 3.06. The van der Waals surface area contributed by atoms with Crippen molar-refractivity contribution < 1.29 is 9.59 Å². The lowest BCUT2D eigenvalue weighted by molar-refractivity contribution is -0.121. The molecule has 0 saturated carbocycles. The number of rotatable bonds is 2. The van der Waals surface area contributed by atoms with Gasteiger partial charge in [-0.15, -0.1) is 0 Å². The van der Waals surface area contributed by atoms with Crippen molar-refractivity contribution in [1.82, 2.24) is 15.2 Å². The van der Waals surface area contributed by atoms with E-state index in [2.05, 4.69) is 10.3 Å². The van der Waals surface area contributed by atoms with Crippen molar-refractivity contribution in [3.05, 3.63) is 28.5 Å². The maximum Gasteiger partial charge on any atom is 0.254 e. The van der Waals surface area contributed by atoms with Gasteiger partial charge < -0.3 is 10.2 Å². The molecule has 0 bridgehead atoms. The summed E-state index contributed by atoms with van der Waals surface area (Å²) >= 11 is 5.98. The van der Waals surface area contributed by atoms with Gasteiger partial charge >= 0.3 is 0 Å². The van der Waals surface area contributed by atoms with E-state index in [1.165, 1.54) is 0 Å². The van der Waals surface area contributed by atoms with Crippen molar-refractivity contribution in [3.63, 3.8) is 0 Å². The quantitative estimate of drug-likeness (QED) is 0.847. The van der Waals surface area contributed by atoms with Crippen LogP contribution in [0, 0.1) is 0 Å². The number of nitrogens with one attached hydrogen (secondary N) is 1. The molecular formula is C14H18ClN3O2. The Kier molecular flexibility index (Phi) is 4.60. The fraction of sp³-hybridized carbons (Fsp3) is 0.500. The molecule has 1 aliphatic rings. The van der Waals surface area contributed by atoms with Crippen molar-refractivity contribution >= 4 is 23.4 Å². The zero-order valence-corrected chi connectivity index (χ0v) is 12.4. The Morgan fingerprint density at radius 2 is 2.20 bits per heavy atom. The van der Waals surface area contributed by atoms with Crippen LogP contribution in [-0.4, -0.2) is 41.3 Å². The molecule has 0 radical (unpaired) electrons. The fourth-order valence-corrected chi connectivity index (χ4v) is 2.31. The minimum atomic E-state index is -0.173.